The van der Waals surface area contributed by atoms with Gasteiger partial charge >= 0.3 is 5.79 Å². The highest BCUT2D eigenvalue weighted by Gasteiger charge is 2.50. The highest BCUT2D eigenvalue weighted by molar-refractivity contribution is 6.23. The summed E-state index contributed by atoms with van der Waals surface area (Å²) in [6, 6.07) is 0.558. The Bertz CT molecular complexity index is 2190. The number of phenolic OH excluding ortho intramolecular Hbond substituents is 3. The van der Waals surface area contributed by atoms with Crippen molar-refractivity contribution in [1.82, 2.24) is 9.91 Å². The van der Waals surface area contributed by atoms with Gasteiger partial charge in [0.05, 0.1) is 53.0 Å². The van der Waals surface area contributed by atoms with Crippen molar-refractivity contribution in [2.45, 2.75) is 118 Å². The number of ether oxygens (including phenoxy) is 3. The van der Waals surface area contributed by atoms with Crippen LogP contribution in [0.4, 0.5) is 5.69 Å². The third kappa shape index (κ3) is 9.48. The van der Waals surface area contributed by atoms with E-state index in [1.165, 1.54) is 72.1 Å². The van der Waals surface area contributed by atoms with Crippen LogP contribution < -0.4 is 10.1 Å². The number of fused-ring (bicyclic) bond motifs is 14. The number of allylic oxidation sites excluding steroid dienone is 2. The minimum absolute atomic E-state index is 0.0686. The fourth-order valence-electron chi connectivity index (χ4n) is 9.89. The summed E-state index contributed by atoms with van der Waals surface area (Å²) >= 11 is 0. The number of hydrogen-bond acceptors (Lipinski definition) is 14. The number of methoxy groups -OCH3 is 1. The number of nitrogens with zero attached hydrogens (tertiary/aromatic N) is 3. The maximum atomic E-state index is 14.6. The first-order valence-corrected chi connectivity index (χ1v) is 22.2. The van der Waals surface area contributed by atoms with E-state index in [1.54, 1.807) is 39.0 Å². The fourth-order valence-corrected chi connectivity index (χ4v) is 9.89. The Balaban J connectivity index is 1.47. The summed E-state index contributed by atoms with van der Waals surface area (Å²) in [6.07, 6.45) is 11.3. The topological polar surface area (TPSA) is 211 Å². The molecular formula is C48H66N4O11. The summed E-state index contributed by atoms with van der Waals surface area (Å²) in [4.78, 5) is 43.5. The van der Waals surface area contributed by atoms with Gasteiger partial charge in [0.25, 0.3) is 11.7 Å². The first-order chi connectivity index (χ1) is 29.8. The predicted octanol–water partition coefficient (Wildman–Crippen LogP) is 6.31. The number of phenols is 3. The molecule has 6 N–H and O–H groups in total. The van der Waals surface area contributed by atoms with Crippen LogP contribution in [0.15, 0.2) is 41.2 Å². The standard InChI is InChI=1S/C48H66N4O11/c1-25-13-12-14-26(2)47(60)50-39-34(24-49-52-20-18-51(19-21-52)32-15-10-11-16-32)43(57)36-37(44(39)58)42(56)31(7)45-38(36)46(59)48(8,63-45)62-22-17-35(61-9)28(4)33(23-27(3)53)29(5)41(55)30(6)40(25)54/h12-14,17,22,24-25,28-30,32-33,35,40-41,54-58H,10-11,15-16,18-21,23H2,1-9H3,(H,50,60)/b13-12+,22-17+,26-14-,49-24+/t25-,28-,29-,30+,33+,35-,40-,41-,48-/m0/s1. The lowest BCUT2D eigenvalue weighted by Crippen LogP contribution is -2.47. The second-order valence-electron chi connectivity index (χ2n) is 18.3. The summed E-state index contributed by atoms with van der Waals surface area (Å²) in [6.45, 7) is 16.0. The third-order valence-corrected chi connectivity index (χ3v) is 14.1. The number of Topliss-reactive ketones (excluding diaryl/α,β-unsaturated/α-hetero) is 2. The van der Waals surface area contributed by atoms with Crippen LogP contribution in [0.1, 0.15) is 102 Å². The number of ketones is 2. The van der Waals surface area contributed by atoms with Crippen LogP contribution in [0.25, 0.3) is 10.8 Å². The fraction of sp³-hybridized carbons (Fsp3) is 0.583. The Labute approximate surface area is 370 Å². The number of piperazine rings is 1. The van der Waals surface area contributed by atoms with Gasteiger partial charge in [0.1, 0.15) is 23.0 Å². The SMILES string of the molecule is CO[C@H]1/C=C/O[C@@]2(C)Oc3c(C)c(O)c4c(O)c(c(/C=N/N5CCN(C6CCCC6)CC5)c(O)c4c3C2=O)NC(=O)/C(C)=C\C=C\[C@H](C)[C@H](O)[C@@H](C)[C@@H](O)[C@@H](C)[C@H](CC(C)=O)[C@@H]1C. The molecule has 15 heteroatoms. The van der Waals surface area contributed by atoms with Crippen molar-refractivity contribution in [3.63, 3.8) is 0 Å². The molecule has 0 aromatic heterocycles. The number of anilines is 1. The van der Waals surface area contributed by atoms with Crippen molar-refractivity contribution in [3.8, 4) is 23.0 Å². The molecule has 344 valence electrons. The van der Waals surface area contributed by atoms with Gasteiger partial charge in [-0.2, -0.15) is 5.10 Å². The van der Waals surface area contributed by atoms with Crippen LogP contribution in [-0.4, -0.2) is 123 Å². The molecule has 2 aromatic carbocycles. The van der Waals surface area contributed by atoms with Gasteiger partial charge in [-0.1, -0.05) is 58.8 Å². The van der Waals surface area contributed by atoms with E-state index in [0.717, 1.165) is 13.1 Å². The van der Waals surface area contributed by atoms with Gasteiger partial charge in [0, 0.05) is 81.0 Å². The average Bonchev–Trinajstić information content (AvgIpc) is 3.89. The molecule has 15 nitrogen and oxygen atoms in total. The first kappa shape index (κ1) is 47.5. The molecule has 7 rings (SSSR count). The number of amides is 1. The molecule has 1 saturated heterocycles. The van der Waals surface area contributed by atoms with Gasteiger partial charge < -0.3 is 49.9 Å². The molecular weight excluding hydrogens is 809 g/mol. The summed E-state index contributed by atoms with van der Waals surface area (Å²) in [5.74, 6) is -7.48. The number of aromatic hydroxyl groups is 3. The van der Waals surface area contributed by atoms with E-state index in [0.29, 0.717) is 19.1 Å². The Morgan fingerprint density at radius 1 is 0.937 bits per heavy atom. The minimum atomic E-state index is -2.01. The van der Waals surface area contributed by atoms with E-state index in [-0.39, 0.29) is 62.6 Å². The van der Waals surface area contributed by atoms with Crippen LogP contribution in [0.3, 0.4) is 0 Å². The van der Waals surface area contributed by atoms with E-state index in [9.17, 15) is 39.9 Å². The van der Waals surface area contributed by atoms with Crippen LogP contribution in [0.2, 0.25) is 0 Å². The lowest BCUT2D eigenvalue weighted by Gasteiger charge is -2.38. The van der Waals surface area contributed by atoms with Crippen LogP contribution in [0, 0.1) is 36.5 Å². The minimum Gasteiger partial charge on any atom is -0.507 e. The lowest BCUT2D eigenvalue weighted by molar-refractivity contribution is -0.120. The number of benzene rings is 2. The van der Waals surface area contributed by atoms with Crippen molar-refractivity contribution in [3.05, 3.63) is 52.8 Å². The molecule has 2 fully saturated rings. The van der Waals surface area contributed by atoms with Crippen molar-refractivity contribution < 1.29 is 54.1 Å². The first-order valence-electron chi connectivity index (χ1n) is 22.2. The Morgan fingerprint density at radius 3 is 2.24 bits per heavy atom. The predicted molar refractivity (Wildman–Crippen MR) is 240 cm³/mol. The Hall–Kier alpha value is -4.96. The quantitative estimate of drug-likeness (QED) is 0.107. The van der Waals surface area contributed by atoms with Gasteiger partial charge in [-0.05, 0) is 57.4 Å². The van der Waals surface area contributed by atoms with Gasteiger partial charge in [0.15, 0.2) is 5.75 Å². The van der Waals surface area contributed by atoms with E-state index >= 15 is 0 Å². The summed E-state index contributed by atoms with van der Waals surface area (Å²) in [5.41, 5.74) is -0.218. The average molecular weight is 875 g/mol. The Morgan fingerprint density at radius 2 is 1.60 bits per heavy atom. The zero-order valence-corrected chi connectivity index (χ0v) is 38.1. The van der Waals surface area contributed by atoms with Gasteiger partial charge in [-0.3, -0.25) is 19.5 Å². The van der Waals surface area contributed by atoms with E-state index < -0.39 is 76.7 Å². The number of hydrazone groups is 1. The van der Waals surface area contributed by atoms with Crippen molar-refractivity contribution in [1.29, 1.82) is 0 Å². The molecule has 1 aliphatic carbocycles. The molecule has 4 aliphatic heterocycles. The molecule has 0 radical (unpaired) electrons. The van der Waals surface area contributed by atoms with Crippen molar-refractivity contribution in [2.24, 2.45) is 34.7 Å². The highest BCUT2D eigenvalue weighted by Crippen LogP contribution is 2.55. The molecule has 2 aromatic rings. The zero-order valence-electron chi connectivity index (χ0n) is 38.1. The largest absolute Gasteiger partial charge is 0.507 e. The van der Waals surface area contributed by atoms with E-state index in [2.05, 4.69) is 15.3 Å². The lowest BCUT2D eigenvalue weighted by atomic mass is 9.71. The molecule has 1 amide bonds. The maximum absolute atomic E-state index is 14.6. The number of aliphatic hydroxyl groups is 2. The molecule has 4 heterocycles. The monoisotopic (exact) mass is 874 g/mol. The highest BCUT2D eigenvalue weighted by atomic mass is 16.7. The number of rotatable bonds is 6. The summed E-state index contributed by atoms with van der Waals surface area (Å²) in [5, 5.41) is 67.8. The van der Waals surface area contributed by atoms with Gasteiger partial charge in [-0.25, -0.2) is 0 Å². The normalized spacial score (nSPS) is 32.4. The smallest absolute Gasteiger partial charge is 0.312 e. The van der Waals surface area contributed by atoms with Gasteiger partial charge in [-0.15, -0.1) is 0 Å². The van der Waals surface area contributed by atoms with Gasteiger partial charge in [0.2, 0.25) is 0 Å². The third-order valence-electron chi connectivity index (χ3n) is 14.1. The Kier molecular flexibility index (Phi) is 14.6. The second kappa shape index (κ2) is 19.4. The van der Waals surface area contributed by atoms with Crippen LogP contribution in [-0.2, 0) is 19.1 Å². The molecule has 1 saturated carbocycles. The number of carbonyl (C=O) groups excluding carboxylic acids is 3. The number of hydrogen-bond donors (Lipinski definition) is 6. The van der Waals surface area contributed by atoms with E-state index in [4.69, 9.17) is 14.2 Å². The summed E-state index contributed by atoms with van der Waals surface area (Å²) in [7, 11) is 1.50. The second-order valence-corrected chi connectivity index (χ2v) is 18.3. The number of carbonyl (C=O) groups is 3. The molecule has 5 aliphatic rings. The molecule has 9 atom stereocenters. The summed E-state index contributed by atoms with van der Waals surface area (Å²) < 4.78 is 18.1. The number of nitrogens with one attached hydrogen (secondary N) is 1. The van der Waals surface area contributed by atoms with Crippen molar-refractivity contribution >= 4 is 40.1 Å². The van der Waals surface area contributed by atoms with Crippen molar-refractivity contribution in [2.75, 3.05) is 38.6 Å². The molecule has 5 bridgehead atoms. The molecule has 63 heavy (non-hydrogen) atoms. The van der Waals surface area contributed by atoms with E-state index in [1.807, 2.05) is 18.9 Å². The molecule has 0 unspecified atom stereocenters. The maximum Gasteiger partial charge on any atom is 0.312 e. The molecule has 0 spiro atoms. The van der Waals surface area contributed by atoms with Crippen LogP contribution >= 0.6 is 0 Å². The van der Waals surface area contributed by atoms with Crippen LogP contribution in [0.5, 0.6) is 23.0 Å². The number of aliphatic hydroxyl groups excluding tert-OH is 2. The zero-order chi connectivity index (χ0) is 46.1.